The first-order valence-corrected chi connectivity index (χ1v) is 1.82. The molecular formula is C5H9Pt. The first-order valence-electron chi connectivity index (χ1n) is 1.82. The van der Waals surface area contributed by atoms with Gasteiger partial charge in [0.2, 0.25) is 0 Å². The average Bonchev–Trinajstić information content (AvgIpc) is 1.41. The van der Waals surface area contributed by atoms with Crippen LogP contribution in [-0.2, 0) is 21.1 Å². The van der Waals surface area contributed by atoms with Crippen LogP contribution in [0.1, 0.15) is 13.3 Å². The maximum Gasteiger partial charge on any atom is 0 e. The number of rotatable bonds is 1. The first-order chi connectivity index (χ1) is 2.41. The molecule has 0 fully saturated rings. The van der Waals surface area contributed by atoms with Crippen molar-refractivity contribution in [1.82, 2.24) is 0 Å². The van der Waals surface area contributed by atoms with Gasteiger partial charge in [0.1, 0.15) is 0 Å². The van der Waals surface area contributed by atoms with E-state index in [0.717, 1.165) is 6.42 Å². The van der Waals surface area contributed by atoms with E-state index >= 15 is 0 Å². The van der Waals surface area contributed by atoms with Gasteiger partial charge in [-0.3, -0.25) is 0 Å². The molecular weight excluding hydrogens is 255 g/mol. The summed E-state index contributed by atoms with van der Waals surface area (Å²) in [6.07, 6.45) is 4.92. The fourth-order valence-corrected chi connectivity index (χ4v) is 0.167. The normalized spacial score (nSPS) is 8.33. The molecule has 0 atom stereocenters. The number of allylic oxidation sites excluding steroid dienone is 2. The Morgan fingerprint density at radius 3 is 2.17 bits per heavy atom. The molecule has 1 heteroatoms. The molecule has 0 aromatic rings. The smallest absolute Gasteiger partial charge is 0 e. The monoisotopic (exact) mass is 264 g/mol. The largest absolute Gasteiger partial charge is 0.0917 e. The zero-order valence-corrected chi connectivity index (χ0v) is 6.16. The van der Waals surface area contributed by atoms with Crippen molar-refractivity contribution < 1.29 is 21.1 Å². The van der Waals surface area contributed by atoms with E-state index in [4.69, 9.17) is 0 Å². The van der Waals surface area contributed by atoms with Crippen molar-refractivity contribution in [3.8, 4) is 0 Å². The van der Waals surface area contributed by atoms with Crippen molar-refractivity contribution in [3.05, 3.63) is 19.1 Å². The average molecular weight is 264 g/mol. The molecule has 1 radical (unpaired) electrons. The van der Waals surface area contributed by atoms with Gasteiger partial charge in [-0.1, -0.05) is 12.2 Å². The van der Waals surface area contributed by atoms with Crippen LogP contribution in [0.3, 0.4) is 0 Å². The van der Waals surface area contributed by atoms with Crippen molar-refractivity contribution in [1.29, 1.82) is 0 Å². The standard InChI is InChI=1S/C5H9.Pt/c1-3-5-4-2;/h4-5H,1,3H2,2H3;. The van der Waals surface area contributed by atoms with Crippen LogP contribution in [0.25, 0.3) is 0 Å². The van der Waals surface area contributed by atoms with Crippen LogP contribution in [0.4, 0.5) is 0 Å². The molecule has 0 rings (SSSR count). The van der Waals surface area contributed by atoms with E-state index in [-0.39, 0.29) is 21.1 Å². The second kappa shape index (κ2) is 9.06. The van der Waals surface area contributed by atoms with Crippen LogP contribution in [0.2, 0.25) is 0 Å². The molecule has 0 aliphatic carbocycles. The van der Waals surface area contributed by atoms with Gasteiger partial charge in [0.25, 0.3) is 0 Å². The minimum Gasteiger partial charge on any atom is -0.0917 e. The summed E-state index contributed by atoms with van der Waals surface area (Å²) in [5.41, 5.74) is 0. The van der Waals surface area contributed by atoms with Gasteiger partial charge in [-0.05, 0) is 20.3 Å². The van der Waals surface area contributed by atoms with Gasteiger partial charge in [0.15, 0.2) is 0 Å². The maximum atomic E-state index is 3.59. The SMILES string of the molecule is [CH2]CC=CC.[Pt]. The molecule has 0 N–H and O–H groups in total. The molecule has 0 heterocycles. The van der Waals surface area contributed by atoms with Gasteiger partial charge >= 0.3 is 0 Å². The van der Waals surface area contributed by atoms with Crippen LogP contribution in [0, 0.1) is 6.92 Å². The fraction of sp³-hybridized carbons (Fsp3) is 0.400. The van der Waals surface area contributed by atoms with E-state index in [9.17, 15) is 0 Å². The Labute approximate surface area is 53.9 Å². The van der Waals surface area contributed by atoms with Crippen LogP contribution < -0.4 is 0 Å². The quantitative estimate of drug-likeness (QED) is 0.633. The summed E-state index contributed by atoms with van der Waals surface area (Å²) in [5, 5.41) is 0. The Balaban J connectivity index is 0. The van der Waals surface area contributed by atoms with Crippen molar-refractivity contribution in [2.24, 2.45) is 0 Å². The summed E-state index contributed by atoms with van der Waals surface area (Å²) in [5.74, 6) is 0. The van der Waals surface area contributed by atoms with Crippen molar-refractivity contribution in [2.75, 3.05) is 0 Å². The third kappa shape index (κ3) is 8.83. The Hall–Kier alpha value is 0.428. The van der Waals surface area contributed by atoms with Crippen LogP contribution in [-0.4, -0.2) is 0 Å². The Bertz CT molecular complexity index is 30.9. The molecule has 0 aromatic heterocycles. The molecule has 6 heavy (non-hydrogen) atoms. The second-order valence-corrected chi connectivity index (χ2v) is 0.858. The zero-order chi connectivity index (χ0) is 4.12. The molecule has 0 aliphatic rings. The Kier molecular flexibility index (Phi) is 14.6. The first kappa shape index (κ1) is 9.66. The summed E-state index contributed by atoms with van der Waals surface area (Å²) in [7, 11) is 0. The number of hydrogen-bond acceptors (Lipinski definition) is 0. The van der Waals surface area contributed by atoms with Gasteiger partial charge in [0.05, 0.1) is 0 Å². The summed E-state index contributed by atoms with van der Waals surface area (Å²) in [6.45, 7) is 5.58. The molecule has 39 valence electrons. The summed E-state index contributed by atoms with van der Waals surface area (Å²) in [4.78, 5) is 0. The fourth-order valence-electron chi connectivity index (χ4n) is 0.167. The van der Waals surface area contributed by atoms with Crippen LogP contribution in [0.5, 0.6) is 0 Å². The predicted octanol–water partition coefficient (Wildman–Crippen LogP) is 1.78. The molecule has 0 nitrogen and oxygen atoms in total. The van der Waals surface area contributed by atoms with Crippen molar-refractivity contribution >= 4 is 0 Å². The minimum atomic E-state index is 0. The molecule has 0 bridgehead atoms. The molecule has 0 spiro atoms. The van der Waals surface area contributed by atoms with E-state index in [1.807, 2.05) is 19.1 Å². The summed E-state index contributed by atoms with van der Waals surface area (Å²) >= 11 is 0. The summed E-state index contributed by atoms with van der Waals surface area (Å²) < 4.78 is 0. The second-order valence-electron chi connectivity index (χ2n) is 0.858. The molecule has 0 saturated carbocycles. The summed E-state index contributed by atoms with van der Waals surface area (Å²) in [6, 6.07) is 0. The van der Waals surface area contributed by atoms with Gasteiger partial charge in [0, 0.05) is 21.1 Å². The van der Waals surface area contributed by atoms with E-state index < -0.39 is 0 Å². The molecule has 0 amide bonds. The Morgan fingerprint density at radius 1 is 1.67 bits per heavy atom. The zero-order valence-electron chi connectivity index (χ0n) is 3.89. The molecule has 0 saturated heterocycles. The van der Waals surface area contributed by atoms with E-state index in [0.29, 0.717) is 0 Å². The van der Waals surface area contributed by atoms with Gasteiger partial charge in [-0.15, -0.1) is 0 Å². The molecule has 0 aliphatic heterocycles. The van der Waals surface area contributed by atoms with Crippen LogP contribution >= 0.6 is 0 Å². The van der Waals surface area contributed by atoms with E-state index in [1.54, 1.807) is 0 Å². The van der Waals surface area contributed by atoms with Crippen LogP contribution in [0.15, 0.2) is 12.2 Å². The molecule has 0 aromatic carbocycles. The third-order valence-electron chi connectivity index (χ3n) is 0.402. The Morgan fingerprint density at radius 2 is 2.17 bits per heavy atom. The molecule has 0 unspecified atom stereocenters. The number of hydrogen-bond donors (Lipinski definition) is 0. The third-order valence-corrected chi connectivity index (χ3v) is 0.402. The van der Waals surface area contributed by atoms with Crippen molar-refractivity contribution in [3.63, 3.8) is 0 Å². The van der Waals surface area contributed by atoms with Gasteiger partial charge in [-0.25, -0.2) is 0 Å². The minimum absolute atomic E-state index is 0. The van der Waals surface area contributed by atoms with E-state index in [2.05, 4.69) is 6.92 Å². The van der Waals surface area contributed by atoms with Crippen molar-refractivity contribution in [2.45, 2.75) is 13.3 Å². The van der Waals surface area contributed by atoms with Gasteiger partial charge < -0.3 is 0 Å². The van der Waals surface area contributed by atoms with Gasteiger partial charge in [-0.2, -0.15) is 0 Å². The van der Waals surface area contributed by atoms with E-state index in [1.165, 1.54) is 0 Å². The maximum absolute atomic E-state index is 3.59. The topological polar surface area (TPSA) is 0 Å². The predicted molar refractivity (Wildman–Crippen MR) is 24.8 cm³/mol.